The molecule has 0 bridgehead atoms. The summed E-state index contributed by atoms with van der Waals surface area (Å²) in [6.45, 7) is 0. The number of fused-ring (bicyclic) bond motifs is 1. The van der Waals surface area contributed by atoms with E-state index in [1.807, 2.05) is 30.3 Å². The van der Waals surface area contributed by atoms with Crippen LogP contribution < -0.4 is 5.32 Å². The van der Waals surface area contributed by atoms with Crippen molar-refractivity contribution in [1.82, 2.24) is 15.2 Å². The van der Waals surface area contributed by atoms with Crippen LogP contribution in [0.4, 0.5) is 29.1 Å². The van der Waals surface area contributed by atoms with Crippen molar-refractivity contribution in [3.05, 3.63) is 96.3 Å². The Hall–Kier alpha value is -3.62. The summed E-state index contributed by atoms with van der Waals surface area (Å²) in [5, 5.41) is 10.6. The summed E-state index contributed by atoms with van der Waals surface area (Å²) in [6, 6.07) is 21.9. The number of pyridine rings is 1. The van der Waals surface area contributed by atoms with Gasteiger partial charge in [0.2, 0.25) is 0 Å². The summed E-state index contributed by atoms with van der Waals surface area (Å²) in [7, 11) is 0. The van der Waals surface area contributed by atoms with Gasteiger partial charge in [0.25, 0.3) is 0 Å². The molecule has 0 saturated carbocycles. The van der Waals surface area contributed by atoms with E-state index in [0.717, 1.165) is 11.6 Å². The molecule has 3 aromatic carbocycles. The van der Waals surface area contributed by atoms with Gasteiger partial charge in [-0.15, -0.1) is 0 Å². The standard InChI is InChI=1S/C25H16F4N4.V/c26-16-10-11-21-19(12-16)24(33-32-21)30-17-13-22(15-6-2-1-3-7-15)31-23(14-17)18-8-4-5-9-20(18)25(27,28)29;/h1-14H,(H2,30,31,32,33);. The molecule has 9 heteroatoms. The Morgan fingerprint density at radius 3 is 2.26 bits per heavy atom. The molecule has 2 heterocycles. The first kappa shape index (κ1) is 23.5. The minimum Gasteiger partial charge on any atom is -0.338 e. The largest absolute Gasteiger partial charge is 0.417 e. The number of benzene rings is 3. The number of aromatic nitrogens is 3. The molecule has 0 aliphatic rings. The molecule has 4 nitrogen and oxygen atoms in total. The normalized spacial score (nSPS) is 11.3. The Morgan fingerprint density at radius 1 is 0.794 bits per heavy atom. The number of aromatic amines is 1. The number of rotatable bonds is 4. The van der Waals surface area contributed by atoms with Gasteiger partial charge in [-0.2, -0.15) is 18.3 Å². The SMILES string of the molecule is Fc1ccc2[nH]nc(Nc3cc(-c4ccccc4)nc(-c4ccccc4C(F)(F)F)c3)c2c1.[V]. The summed E-state index contributed by atoms with van der Waals surface area (Å²) >= 11 is 0. The van der Waals surface area contributed by atoms with Crippen molar-refractivity contribution in [2.24, 2.45) is 0 Å². The third kappa shape index (κ3) is 4.69. The van der Waals surface area contributed by atoms with E-state index in [2.05, 4.69) is 20.5 Å². The number of alkyl halides is 3. The first-order valence-corrected chi connectivity index (χ1v) is 10.0. The number of H-pyrrole nitrogens is 1. The second-order valence-corrected chi connectivity index (χ2v) is 7.42. The average Bonchev–Trinajstić information content (AvgIpc) is 3.20. The van der Waals surface area contributed by atoms with Crippen molar-refractivity contribution in [3.8, 4) is 22.5 Å². The molecule has 2 aromatic heterocycles. The van der Waals surface area contributed by atoms with Gasteiger partial charge in [0.1, 0.15) is 5.82 Å². The number of nitrogens with one attached hydrogen (secondary N) is 2. The summed E-state index contributed by atoms with van der Waals surface area (Å²) in [5.41, 5.74) is 1.65. The fraction of sp³-hybridized carbons (Fsp3) is 0.0400. The minimum absolute atomic E-state index is 0. The first-order chi connectivity index (χ1) is 15.9. The average molecular weight is 499 g/mol. The zero-order valence-corrected chi connectivity index (χ0v) is 18.8. The van der Waals surface area contributed by atoms with Gasteiger partial charge < -0.3 is 5.32 Å². The fourth-order valence-electron chi connectivity index (χ4n) is 3.67. The molecule has 0 spiro atoms. The summed E-state index contributed by atoms with van der Waals surface area (Å²) in [4.78, 5) is 4.53. The molecule has 1 radical (unpaired) electrons. The molecule has 0 unspecified atom stereocenters. The molecule has 169 valence electrons. The molecule has 0 atom stereocenters. The van der Waals surface area contributed by atoms with Crippen LogP contribution >= 0.6 is 0 Å². The van der Waals surface area contributed by atoms with E-state index in [1.54, 1.807) is 18.2 Å². The molecule has 0 fully saturated rings. The maximum absolute atomic E-state index is 13.8. The van der Waals surface area contributed by atoms with Gasteiger partial charge in [-0.05, 0) is 36.4 Å². The number of hydrogen-bond acceptors (Lipinski definition) is 3. The van der Waals surface area contributed by atoms with Crippen molar-refractivity contribution in [1.29, 1.82) is 0 Å². The van der Waals surface area contributed by atoms with Crippen molar-refractivity contribution in [3.63, 3.8) is 0 Å². The van der Waals surface area contributed by atoms with Crippen LogP contribution in [-0.4, -0.2) is 15.2 Å². The predicted octanol–water partition coefficient (Wildman–Crippen LogP) is 7.19. The Balaban J connectivity index is 0.00000274. The predicted molar refractivity (Wildman–Crippen MR) is 119 cm³/mol. The first-order valence-electron chi connectivity index (χ1n) is 10.0. The smallest absolute Gasteiger partial charge is 0.338 e. The van der Waals surface area contributed by atoms with E-state index >= 15 is 0 Å². The van der Waals surface area contributed by atoms with Crippen LogP contribution in [-0.2, 0) is 24.7 Å². The molecule has 0 aliphatic heterocycles. The van der Waals surface area contributed by atoms with Crippen molar-refractivity contribution in [2.75, 3.05) is 5.32 Å². The van der Waals surface area contributed by atoms with Crippen molar-refractivity contribution >= 4 is 22.4 Å². The summed E-state index contributed by atoms with van der Waals surface area (Å²) in [5.74, 6) is -0.0729. The zero-order chi connectivity index (χ0) is 23.0. The van der Waals surface area contributed by atoms with E-state index in [9.17, 15) is 17.6 Å². The van der Waals surface area contributed by atoms with Crippen LogP contribution in [0.1, 0.15) is 5.56 Å². The molecule has 0 amide bonds. The van der Waals surface area contributed by atoms with Crippen molar-refractivity contribution < 1.29 is 36.1 Å². The molecule has 0 aliphatic carbocycles. The van der Waals surface area contributed by atoms with Crippen LogP contribution in [0.25, 0.3) is 33.4 Å². The van der Waals surface area contributed by atoms with Crippen LogP contribution in [0.15, 0.2) is 84.9 Å². The zero-order valence-electron chi connectivity index (χ0n) is 17.4. The maximum atomic E-state index is 13.8. The van der Waals surface area contributed by atoms with Crippen LogP contribution in [0, 0.1) is 5.82 Å². The quantitative estimate of drug-likeness (QED) is 0.258. The Bertz CT molecular complexity index is 1450. The van der Waals surface area contributed by atoms with Gasteiger partial charge in [0.15, 0.2) is 5.82 Å². The molecule has 5 rings (SSSR count). The van der Waals surface area contributed by atoms with E-state index in [1.165, 1.54) is 30.3 Å². The number of hydrogen-bond donors (Lipinski definition) is 2. The third-order valence-corrected chi connectivity index (χ3v) is 5.19. The van der Waals surface area contributed by atoms with Gasteiger partial charge in [-0.1, -0.05) is 48.5 Å². The number of anilines is 2. The van der Waals surface area contributed by atoms with E-state index in [-0.39, 0.29) is 29.8 Å². The van der Waals surface area contributed by atoms with Gasteiger partial charge >= 0.3 is 6.18 Å². The Labute approximate surface area is 203 Å². The van der Waals surface area contributed by atoms with Gasteiger partial charge in [0, 0.05) is 40.8 Å². The van der Waals surface area contributed by atoms with E-state index < -0.39 is 17.6 Å². The number of nitrogens with zero attached hydrogens (tertiary/aromatic N) is 2. The van der Waals surface area contributed by atoms with Gasteiger partial charge in [-0.3, -0.25) is 5.10 Å². The molecule has 0 saturated heterocycles. The Kier molecular flexibility index (Phi) is 6.46. The molecule has 2 N–H and O–H groups in total. The van der Waals surface area contributed by atoms with Crippen LogP contribution in [0.3, 0.4) is 0 Å². The molecular weight excluding hydrogens is 483 g/mol. The van der Waals surface area contributed by atoms with Gasteiger partial charge in [0.05, 0.1) is 22.5 Å². The fourth-order valence-corrected chi connectivity index (χ4v) is 3.67. The Morgan fingerprint density at radius 2 is 1.50 bits per heavy atom. The van der Waals surface area contributed by atoms with Crippen molar-refractivity contribution in [2.45, 2.75) is 6.18 Å². The molecular formula is C25H16F4N4V. The molecule has 5 aromatic rings. The summed E-state index contributed by atoms with van der Waals surface area (Å²) in [6.07, 6.45) is -4.54. The van der Waals surface area contributed by atoms with E-state index in [4.69, 9.17) is 0 Å². The minimum atomic E-state index is -4.54. The topological polar surface area (TPSA) is 53.6 Å². The van der Waals surface area contributed by atoms with E-state index in [0.29, 0.717) is 28.1 Å². The molecule has 34 heavy (non-hydrogen) atoms. The number of halogens is 4. The maximum Gasteiger partial charge on any atom is 0.417 e. The van der Waals surface area contributed by atoms with Crippen LogP contribution in [0.2, 0.25) is 0 Å². The summed E-state index contributed by atoms with van der Waals surface area (Å²) < 4.78 is 54.8. The monoisotopic (exact) mass is 499 g/mol. The van der Waals surface area contributed by atoms with Gasteiger partial charge in [-0.25, -0.2) is 9.37 Å². The second-order valence-electron chi connectivity index (χ2n) is 7.42. The third-order valence-electron chi connectivity index (χ3n) is 5.19. The second kappa shape index (κ2) is 9.33. The van der Waals surface area contributed by atoms with Crippen LogP contribution in [0.5, 0.6) is 0 Å².